The Balaban J connectivity index is 2.30. The van der Waals surface area contributed by atoms with E-state index in [1.807, 2.05) is 26.8 Å². The van der Waals surface area contributed by atoms with Crippen LogP contribution in [-0.4, -0.2) is 35.7 Å². The Bertz CT molecular complexity index is 605. The molecule has 134 valence electrons. The average Bonchev–Trinajstić information content (AvgIpc) is 2.48. The zero-order chi connectivity index (χ0) is 18.1. The van der Waals surface area contributed by atoms with Crippen molar-refractivity contribution in [1.82, 2.24) is 4.90 Å². The van der Waals surface area contributed by atoms with Gasteiger partial charge >= 0.3 is 6.09 Å². The van der Waals surface area contributed by atoms with Crippen molar-refractivity contribution in [2.24, 2.45) is 0 Å². The highest BCUT2D eigenvalue weighted by atomic mass is 16.6. The Hall–Kier alpha value is -1.91. The summed E-state index contributed by atoms with van der Waals surface area (Å²) in [5.74, 6) is 0. The SMILES string of the molecule is CCN(c1ccc(N)c2c1CCN(C(=O)OC(C)(C)C)C2)C(C)C. The van der Waals surface area contributed by atoms with E-state index >= 15 is 0 Å². The number of nitrogen functional groups attached to an aromatic ring is 1. The number of hydrogen-bond acceptors (Lipinski definition) is 4. The van der Waals surface area contributed by atoms with Gasteiger partial charge in [-0.05, 0) is 71.2 Å². The van der Waals surface area contributed by atoms with E-state index in [0.717, 1.165) is 24.2 Å². The molecule has 0 saturated carbocycles. The summed E-state index contributed by atoms with van der Waals surface area (Å²) in [4.78, 5) is 16.5. The molecule has 0 spiro atoms. The molecular formula is C19H31N3O2. The molecule has 0 saturated heterocycles. The summed E-state index contributed by atoms with van der Waals surface area (Å²) in [5, 5.41) is 0. The van der Waals surface area contributed by atoms with Crippen LogP contribution in [0.5, 0.6) is 0 Å². The van der Waals surface area contributed by atoms with E-state index in [1.165, 1.54) is 11.3 Å². The fraction of sp³-hybridized carbons (Fsp3) is 0.632. The van der Waals surface area contributed by atoms with Gasteiger partial charge in [0.15, 0.2) is 0 Å². The third kappa shape index (κ3) is 3.94. The summed E-state index contributed by atoms with van der Waals surface area (Å²) in [6.45, 7) is 14.3. The van der Waals surface area contributed by atoms with Gasteiger partial charge in [-0.1, -0.05) is 0 Å². The van der Waals surface area contributed by atoms with E-state index in [2.05, 4.69) is 31.7 Å². The number of rotatable bonds is 3. The van der Waals surface area contributed by atoms with Crippen molar-refractivity contribution < 1.29 is 9.53 Å². The maximum Gasteiger partial charge on any atom is 0.410 e. The van der Waals surface area contributed by atoms with Gasteiger partial charge in [0.2, 0.25) is 0 Å². The molecule has 0 bridgehead atoms. The minimum atomic E-state index is -0.485. The molecule has 1 aliphatic rings. The second-order valence-electron chi connectivity index (χ2n) is 7.66. The first-order chi connectivity index (χ1) is 11.1. The molecular weight excluding hydrogens is 302 g/mol. The Morgan fingerprint density at radius 3 is 2.54 bits per heavy atom. The highest BCUT2D eigenvalue weighted by Crippen LogP contribution is 2.34. The highest BCUT2D eigenvalue weighted by Gasteiger charge is 2.29. The number of carbonyl (C=O) groups is 1. The number of nitrogens with two attached hydrogens (primary N) is 1. The van der Waals surface area contributed by atoms with Crippen LogP contribution < -0.4 is 10.6 Å². The van der Waals surface area contributed by atoms with Crippen molar-refractivity contribution in [2.75, 3.05) is 23.7 Å². The van der Waals surface area contributed by atoms with E-state index in [-0.39, 0.29) is 6.09 Å². The van der Waals surface area contributed by atoms with Crippen LogP contribution in [0.3, 0.4) is 0 Å². The monoisotopic (exact) mass is 333 g/mol. The Morgan fingerprint density at radius 1 is 1.33 bits per heavy atom. The van der Waals surface area contributed by atoms with Crippen LogP contribution >= 0.6 is 0 Å². The summed E-state index contributed by atoms with van der Waals surface area (Å²) in [6.07, 6.45) is 0.534. The summed E-state index contributed by atoms with van der Waals surface area (Å²) < 4.78 is 5.50. The van der Waals surface area contributed by atoms with Crippen molar-refractivity contribution in [1.29, 1.82) is 0 Å². The van der Waals surface area contributed by atoms with Gasteiger partial charge in [-0.2, -0.15) is 0 Å². The molecule has 2 rings (SSSR count). The first-order valence-electron chi connectivity index (χ1n) is 8.78. The Kier molecular flexibility index (Phi) is 5.31. The second-order valence-corrected chi connectivity index (χ2v) is 7.66. The summed E-state index contributed by atoms with van der Waals surface area (Å²) >= 11 is 0. The predicted molar refractivity (Wildman–Crippen MR) is 99.4 cm³/mol. The van der Waals surface area contributed by atoms with Crippen molar-refractivity contribution in [2.45, 2.75) is 66.2 Å². The molecule has 5 nitrogen and oxygen atoms in total. The number of nitrogens with zero attached hydrogens (tertiary/aromatic N) is 2. The van der Waals surface area contributed by atoms with Crippen LogP contribution in [0.1, 0.15) is 52.7 Å². The van der Waals surface area contributed by atoms with Gasteiger partial charge in [-0.3, -0.25) is 0 Å². The molecule has 1 amide bonds. The summed E-state index contributed by atoms with van der Waals surface area (Å²) in [7, 11) is 0. The lowest BCUT2D eigenvalue weighted by Gasteiger charge is -2.36. The first-order valence-corrected chi connectivity index (χ1v) is 8.78. The molecule has 1 aromatic carbocycles. The normalized spacial score (nSPS) is 14.5. The lowest BCUT2D eigenvalue weighted by Crippen LogP contribution is -2.41. The number of anilines is 2. The quantitative estimate of drug-likeness (QED) is 0.855. The number of benzene rings is 1. The van der Waals surface area contributed by atoms with Crippen LogP contribution in [0.25, 0.3) is 0 Å². The van der Waals surface area contributed by atoms with Crippen molar-refractivity contribution in [3.8, 4) is 0 Å². The number of hydrogen-bond donors (Lipinski definition) is 1. The number of ether oxygens (including phenoxy) is 1. The standard InChI is InChI=1S/C19H31N3O2/c1-7-22(13(2)3)17-9-8-16(20)15-12-21(11-10-14(15)17)18(23)24-19(4,5)6/h8-9,13H,7,10-12,20H2,1-6H3. The topological polar surface area (TPSA) is 58.8 Å². The lowest BCUT2D eigenvalue weighted by atomic mass is 9.95. The molecule has 2 N–H and O–H groups in total. The van der Waals surface area contributed by atoms with Crippen LogP contribution in [0.15, 0.2) is 12.1 Å². The molecule has 0 radical (unpaired) electrons. The zero-order valence-corrected chi connectivity index (χ0v) is 15.8. The van der Waals surface area contributed by atoms with E-state index < -0.39 is 5.60 Å². The Labute approximate surface area is 145 Å². The molecule has 0 atom stereocenters. The van der Waals surface area contributed by atoms with Gasteiger partial charge in [0.1, 0.15) is 5.60 Å². The van der Waals surface area contributed by atoms with E-state index in [1.54, 1.807) is 4.90 Å². The first kappa shape index (κ1) is 18.4. The average molecular weight is 333 g/mol. The van der Waals surface area contributed by atoms with Crippen molar-refractivity contribution in [3.05, 3.63) is 23.3 Å². The van der Waals surface area contributed by atoms with Crippen molar-refractivity contribution >= 4 is 17.5 Å². The predicted octanol–water partition coefficient (Wildman–Crippen LogP) is 3.80. The Morgan fingerprint density at radius 2 is 2.00 bits per heavy atom. The van der Waals surface area contributed by atoms with Gasteiger partial charge in [0.25, 0.3) is 0 Å². The van der Waals surface area contributed by atoms with E-state index in [0.29, 0.717) is 19.1 Å². The minimum Gasteiger partial charge on any atom is -0.444 e. The molecule has 0 fully saturated rings. The van der Waals surface area contributed by atoms with Gasteiger partial charge in [-0.15, -0.1) is 0 Å². The molecule has 1 aliphatic heterocycles. The largest absolute Gasteiger partial charge is 0.444 e. The summed E-state index contributed by atoms with van der Waals surface area (Å²) in [6, 6.07) is 4.49. The molecule has 0 aliphatic carbocycles. The van der Waals surface area contributed by atoms with Crippen LogP contribution in [0.4, 0.5) is 16.2 Å². The zero-order valence-electron chi connectivity index (χ0n) is 15.8. The molecule has 1 heterocycles. The van der Waals surface area contributed by atoms with Gasteiger partial charge in [0.05, 0.1) is 6.54 Å². The van der Waals surface area contributed by atoms with Crippen LogP contribution in [-0.2, 0) is 17.7 Å². The van der Waals surface area contributed by atoms with Gasteiger partial charge in [-0.25, -0.2) is 4.79 Å². The molecule has 0 unspecified atom stereocenters. The maximum atomic E-state index is 12.4. The molecule has 0 aromatic heterocycles. The van der Waals surface area contributed by atoms with Crippen molar-refractivity contribution in [3.63, 3.8) is 0 Å². The third-order valence-corrected chi connectivity index (χ3v) is 4.35. The van der Waals surface area contributed by atoms with E-state index in [9.17, 15) is 4.79 Å². The number of carbonyl (C=O) groups excluding carboxylic acids is 1. The third-order valence-electron chi connectivity index (χ3n) is 4.35. The maximum absolute atomic E-state index is 12.4. The second kappa shape index (κ2) is 6.91. The number of fused-ring (bicyclic) bond motifs is 1. The molecule has 1 aromatic rings. The smallest absolute Gasteiger partial charge is 0.410 e. The molecule has 5 heteroatoms. The van der Waals surface area contributed by atoms with Gasteiger partial charge in [0, 0.05) is 30.5 Å². The minimum absolute atomic E-state index is 0.269. The van der Waals surface area contributed by atoms with Crippen LogP contribution in [0, 0.1) is 0 Å². The van der Waals surface area contributed by atoms with Gasteiger partial charge < -0.3 is 20.3 Å². The summed E-state index contributed by atoms with van der Waals surface area (Å²) in [5.41, 5.74) is 10.1. The number of amides is 1. The fourth-order valence-corrected chi connectivity index (χ4v) is 3.25. The van der Waals surface area contributed by atoms with E-state index in [4.69, 9.17) is 10.5 Å². The van der Waals surface area contributed by atoms with Crippen LogP contribution in [0.2, 0.25) is 0 Å². The fourth-order valence-electron chi connectivity index (χ4n) is 3.25. The lowest BCUT2D eigenvalue weighted by molar-refractivity contribution is 0.0224. The highest BCUT2D eigenvalue weighted by molar-refractivity contribution is 5.72. The molecule has 24 heavy (non-hydrogen) atoms.